The monoisotopic (exact) mass is 456 g/mol. The van der Waals surface area contributed by atoms with E-state index in [0.29, 0.717) is 24.2 Å². The molecule has 3 N–H and O–H groups in total. The molecule has 25 heavy (non-hydrogen) atoms. The molecule has 1 heterocycles. The van der Waals surface area contributed by atoms with Crippen LogP contribution in [0.5, 0.6) is 11.5 Å². The Bertz CT molecular complexity index is 707. The number of nitrogens with one attached hydrogen (secondary N) is 1. The van der Waals surface area contributed by atoms with E-state index in [0.717, 1.165) is 12.1 Å². The molecule has 5 nitrogen and oxygen atoms in total. The number of hydrogen-bond acceptors (Lipinski definition) is 3. The van der Waals surface area contributed by atoms with Crippen molar-refractivity contribution in [2.75, 3.05) is 6.54 Å². The van der Waals surface area contributed by atoms with Gasteiger partial charge in [0, 0.05) is 12.7 Å². The van der Waals surface area contributed by atoms with E-state index in [1.165, 1.54) is 31.5 Å². The van der Waals surface area contributed by atoms with Crippen molar-refractivity contribution in [2.45, 2.75) is 25.8 Å². The minimum absolute atomic E-state index is 0. The molecule has 134 valence electrons. The molecule has 0 atom stereocenters. The van der Waals surface area contributed by atoms with Crippen molar-refractivity contribution in [3.63, 3.8) is 0 Å². The van der Waals surface area contributed by atoms with Gasteiger partial charge in [0.25, 0.3) is 0 Å². The van der Waals surface area contributed by atoms with Crippen LogP contribution in [0.25, 0.3) is 0 Å². The van der Waals surface area contributed by atoms with Crippen LogP contribution in [-0.4, -0.2) is 17.5 Å². The first-order valence-corrected chi connectivity index (χ1v) is 8.11. The number of benzene rings is 1. The van der Waals surface area contributed by atoms with Crippen molar-refractivity contribution in [3.8, 4) is 11.5 Å². The molecule has 3 rings (SSSR count). The molecule has 0 unspecified atom stereocenters. The quantitative estimate of drug-likeness (QED) is 0.394. The van der Waals surface area contributed by atoms with Crippen LogP contribution in [0.4, 0.5) is 4.39 Å². The number of hydrogen-bond donors (Lipinski definition) is 2. The van der Waals surface area contributed by atoms with E-state index in [4.69, 9.17) is 10.5 Å². The average molecular weight is 456 g/mol. The third kappa shape index (κ3) is 5.84. The Kier molecular flexibility index (Phi) is 7.42. The second-order valence-corrected chi connectivity index (χ2v) is 5.93. The second-order valence-electron chi connectivity index (χ2n) is 5.93. The highest BCUT2D eigenvalue weighted by Gasteiger charge is 2.16. The number of aliphatic imine (C=N–C) groups is 1. The summed E-state index contributed by atoms with van der Waals surface area (Å²) in [7, 11) is 0. The van der Waals surface area contributed by atoms with E-state index in [9.17, 15) is 4.39 Å². The number of nitrogens with zero attached hydrogens (tertiary/aromatic N) is 2. The number of aromatic nitrogens is 1. The lowest BCUT2D eigenvalue weighted by Gasteiger charge is -2.25. The van der Waals surface area contributed by atoms with Crippen LogP contribution < -0.4 is 15.8 Å². The largest absolute Gasteiger partial charge is 0.453 e. The first kappa shape index (κ1) is 19.4. The molecule has 1 saturated carbocycles. The summed E-state index contributed by atoms with van der Waals surface area (Å²) >= 11 is 0. The molecule has 7 heteroatoms. The van der Waals surface area contributed by atoms with Gasteiger partial charge in [-0.3, -0.25) is 4.98 Å². The molecular weight excluding hydrogens is 434 g/mol. The fraction of sp³-hybridized carbons (Fsp3) is 0.333. The topological polar surface area (TPSA) is 72.5 Å². The Morgan fingerprint density at radius 2 is 2.20 bits per heavy atom. The summed E-state index contributed by atoms with van der Waals surface area (Å²) in [5, 5.41) is 3.12. The highest BCUT2D eigenvalue weighted by atomic mass is 127. The summed E-state index contributed by atoms with van der Waals surface area (Å²) in [5.41, 5.74) is 6.57. The maximum Gasteiger partial charge on any atom is 0.188 e. The van der Waals surface area contributed by atoms with Gasteiger partial charge < -0.3 is 15.8 Å². The minimum atomic E-state index is -0.437. The number of ether oxygens (including phenoxy) is 1. The van der Waals surface area contributed by atoms with Crippen molar-refractivity contribution in [1.82, 2.24) is 10.3 Å². The van der Waals surface area contributed by atoms with Gasteiger partial charge in [-0.25, -0.2) is 9.38 Å². The second kappa shape index (κ2) is 9.55. The maximum atomic E-state index is 14.1. The third-order valence-electron chi connectivity index (χ3n) is 4.09. The zero-order valence-corrected chi connectivity index (χ0v) is 16.2. The van der Waals surface area contributed by atoms with Crippen molar-refractivity contribution < 1.29 is 9.13 Å². The van der Waals surface area contributed by atoms with Gasteiger partial charge >= 0.3 is 0 Å². The summed E-state index contributed by atoms with van der Waals surface area (Å²) in [5.74, 6) is 1.32. The van der Waals surface area contributed by atoms with Crippen molar-refractivity contribution >= 4 is 29.9 Å². The molecular formula is C18H22FIN4O. The molecule has 0 aliphatic heterocycles. The fourth-order valence-corrected chi connectivity index (χ4v) is 2.44. The molecule has 2 aromatic rings. The summed E-state index contributed by atoms with van der Waals surface area (Å²) in [6.45, 7) is 1.19. The van der Waals surface area contributed by atoms with Crippen LogP contribution in [0.3, 0.4) is 0 Å². The normalized spacial score (nSPS) is 14.4. The SMILES string of the molecule is I.NC(=NCc1ccc(Oc2cccnc2)c(F)c1)NCC1CCC1. The van der Waals surface area contributed by atoms with Gasteiger partial charge in [-0.1, -0.05) is 12.5 Å². The van der Waals surface area contributed by atoms with Gasteiger partial charge in [0.15, 0.2) is 17.5 Å². The maximum absolute atomic E-state index is 14.1. The third-order valence-corrected chi connectivity index (χ3v) is 4.09. The zero-order valence-electron chi connectivity index (χ0n) is 13.8. The molecule has 1 aromatic carbocycles. The van der Waals surface area contributed by atoms with Gasteiger partial charge in [0.1, 0.15) is 5.75 Å². The van der Waals surface area contributed by atoms with E-state index in [1.807, 2.05) is 0 Å². The van der Waals surface area contributed by atoms with E-state index >= 15 is 0 Å². The van der Waals surface area contributed by atoms with Crippen LogP contribution >= 0.6 is 24.0 Å². The lowest BCUT2D eigenvalue weighted by Crippen LogP contribution is -2.37. The smallest absolute Gasteiger partial charge is 0.188 e. The summed E-state index contributed by atoms with van der Waals surface area (Å²) in [6, 6.07) is 8.23. The number of pyridine rings is 1. The highest BCUT2D eigenvalue weighted by molar-refractivity contribution is 14.0. The van der Waals surface area contributed by atoms with Crippen LogP contribution in [0.1, 0.15) is 24.8 Å². The standard InChI is InChI=1S/C18H21FN4O.HI/c19-16-9-14(11-23-18(20)22-10-13-3-1-4-13)6-7-17(16)24-15-5-2-8-21-12-15;/h2,5-9,12-13H,1,3-4,10-11H2,(H3,20,22,23);1H. The van der Waals surface area contributed by atoms with Crippen LogP contribution in [0.15, 0.2) is 47.7 Å². The van der Waals surface area contributed by atoms with Gasteiger partial charge in [-0.15, -0.1) is 24.0 Å². The van der Waals surface area contributed by atoms with Crippen LogP contribution in [0.2, 0.25) is 0 Å². The Balaban J connectivity index is 0.00000225. The Labute approximate surface area is 163 Å². The van der Waals surface area contributed by atoms with Crippen LogP contribution in [0, 0.1) is 11.7 Å². The fourth-order valence-electron chi connectivity index (χ4n) is 2.44. The molecule has 1 aliphatic carbocycles. The lowest BCUT2D eigenvalue weighted by molar-refractivity contribution is 0.315. The van der Waals surface area contributed by atoms with Gasteiger partial charge in [0.2, 0.25) is 0 Å². The lowest BCUT2D eigenvalue weighted by atomic mass is 9.85. The van der Waals surface area contributed by atoms with Gasteiger partial charge in [-0.2, -0.15) is 0 Å². The van der Waals surface area contributed by atoms with Gasteiger partial charge in [-0.05, 0) is 48.6 Å². The summed E-state index contributed by atoms with van der Waals surface area (Å²) in [4.78, 5) is 8.18. The molecule has 0 radical (unpaired) electrons. The van der Waals surface area contributed by atoms with Gasteiger partial charge in [0.05, 0.1) is 12.7 Å². The predicted molar refractivity (Wildman–Crippen MR) is 107 cm³/mol. The number of nitrogens with two attached hydrogens (primary N) is 1. The number of guanidine groups is 1. The molecule has 0 bridgehead atoms. The Hall–Kier alpha value is -1.90. The molecule has 0 amide bonds. The molecule has 1 fully saturated rings. The Morgan fingerprint density at radius 3 is 2.84 bits per heavy atom. The average Bonchev–Trinajstić information content (AvgIpc) is 2.55. The van der Waals surface area contributed by atoms with E-state index in [2.05, 4.69) is 15.3 Å². The molecule has 1 aliphatic rings. The van der Waals surface area contributed by atoms with E-state index in [-0.39, 0.29) is 29.7 Å². The highest BCUT2D eigenvalue weighted by Crippen LogP contribution is 2.25. The van der Waals surface area contributed by atoms with Crippen molar-refractivity contribution in [1.29, 1.82) is 0 Å². The van der Waals surface area contributed by atoms with Crippen molar-refractivity contribution in [3.05, 3.63) is 54.1 Å². The first-order chi connectivity index (χ1) is 11.7. The number of rotatable bonds is 6. The Morgan fingerprint density at radius 1 is 1.36 bits per heavy atom. The van der Waals surface area contributed by atoms with Crippen molar-refractivity contribution in [2.24, 2.45) is 16.6 Å². The zero-order chi connectivity index (χ0) is 16.8. The van der Waals surface area contributed by atoms with E-state index in [1.54, 1.807) is 30.5 Å². The molecule has 1 aromatic heterocycles. The van der Waals surface area contributed by atoms with E-state index < -0.39 is 5.82 Å². The molecule has 0 spiro atoms. The number of halogens is 2. The summed E-state index contributed by atoms with van der Waals surface area (Å²) in [6.07, 6.45) is 6.98. The van der Waals surface area contributed by atoms with Crippen LogP contribution in [-0.2, 0) is 6.54 Å². The predicted octanol–water partition coefficient (Wildman–Crippen LogP) is 3.84. The summed E-state index contributed by atoms with van der Waals surface area (Å²) < 4.78 is 19.6. The molecule has 0 saturated heterocycles. The minimum Gasteiger partial charge on any atom is -0.453 e. The first-order valence-electron chi connectivity index (χ1n) is 8.11.